The van der Waals surface area contributed by atoms with Crippen molar-refractivity contribution in [3.63, 3.8) is 0 Å². The summed E-state index contributed by atoms with van der Waals surface area (Å²) in [4.78, 5) is 2.32. The van der Waals surface area contributed by atoms with Gasteiger partial charge in [-0.05, 0) is 44.5 Å². The van der Waals surface area contributed by atoms with E-state index >= 15 is 0 Å². The third-order valence-electron chi connectivity index (χ3n) is 3.93. The van der Waals surface area contributed by atoms with Crippen molar-refractivity contribution in [2.45, 2.75) is 58.2 Å². The maximum atomic E-state index is 13.1. The van der Waals surface area contributed by atoms with E-state index in [0.29, 0.717) is 6.04 Å². The van der Waals surface area contributed by atoms with Crippen LogP contribution in [0.15, 0.2) is 24.3 Å². The molecule has 1 rings (SSSR count). The summed E-state index contributed by atoms with van der Waals surface area (Å²) >= 11 is 0. The lowest BCUT2D eigenvalue weighted by Gasteiger charge is -2.37. The van der Waals surface area contributed by atoms with E-state index in [0.717, 1.165) is 24.8 Å². The summed E-state index contributed by atoms with van der Waals surface area (Å²) in [5.41, 5.74) is 7.39. The number of likely N-dealkylation sites (N-methyl/N-ethyl adjacent to an activating group) is 1. The molecule has 1 aromatic rings. The fourth-order valence-corrected chi connectivity index (χ4v) is 2.56. The van der Waals surface area contributed by atoms with Gasteiger partial charge in [-0.15, -0.1) is 0 Å². The summed E-state index contributed by atoms with van der Waals surface area (Å²) in [5, 5.41) is 0. The Balaban J connectivity index is 2.97. The predicted octanol–water partition coefficient (Wildman–Crippen LogP) is 3.72. The Bertz CT molecular complexity index is 364. The molecule has 0 heterocycles. The zero-order valence-corrected chi connectivity index (χ0v) is 12.6. The van der Waals surface area contributed by atoms with E-state index in [4.69, 9.17) is 5.73 Å². The fourth-order valence-electron chi connectivity index (χ4n) is 2.56. The molecule has 0 saturated heterocycles. The van der Waals surface area contributed by atoms with Gasteiger partial charge in [-0.1, -0.05) is 32.4 Å². The molecular formula is C16H27FN2. The lowest BCUT2D eigenvalue weighted by Crippen LogP contribution is -2.42. The minimum Gasteiger partial charge on any atom is -0.326 e. The van der Waals surface area contributed by atoms with E-state index in [1.165, 1.54) is 12.1 Å². The Labute approximate surface area is 116 Å². The second-order valence-electron chi connectivity index (χ2n) is 5.37. The molecule has 0 bridgehead atoms. The van der Waals surface area contributed by atoms with Gasteiger partial charge in [0.2, 0.25) is 0 Å². The van der Waals surface area contributed by atoms with Crippen LogP contribution in [0.25, 0.3) is 0 Å². The maximum absolute atomic E-state index is 13.1. The summed E-state index contributed by atoms with van der Waals surface area (Å²) in [6.45, 7) is 6.51. The maximum Gasteiger partial charge on any atom is 0.123 e. The second-order valence-corrected chi connectivity index (χ2v) is 5.37. The standard InChI is InChI=1S/C16H27FN2/c1-5-7-12(3)19(4)16(15(18)6-2)13-8-10-14(17)11-9-13/h8-12,15-16H,5-7,18H2,1-4H3. The molecule has 2 nitrogen and oxygen atoms in total. The SMILES string of the molecule is CCCC(C)N(C)C(c1ccc(F)cc1)C(N)CC. The first kappa shape index (κ1) is 16.1. The lowest BCUT2D eigenvalue weighted by molar-refractivity contribution is 0.151. The summed E-state index contributed by atoms with van der Waals surface area (Å²) in [6.07, 6.45) is 3.21. The molecule has 2 N–H and O–H groups in total. The highest BCUT2D eigenvalue weighted by molar-refractivity contribution is 5.21. The smallest absolute Gasteiger partial charge is 0.123 e. The number of hydrogen-bond donors (Lipinski definition) is 1. The molecule has 1 aromatic carbocycles. The van der Waals surface area contributed by atoms with Gasteiger partial charge in [-0.25, -0.2) is 4.39 Å². The molecule has 0 fully saturated rings. The number of rotatable bonds is 7. The predicted molar refractivity (Wildman–Crippen MR) is 79.5 cm³/mol. The van der Waals surface area contributed by atoms with Crippen LogP contribution in [0.3, 0.4) is 0 Å². The van der Waals surface area contributed by atoms with Crippen LogP contribution in [0.2, 0.25) is 0 Å². The summed E-state index contributed by atoms with van der Waals surface area (Å²) in [7, 11) is 2.11. The molecule has 3 atom stereocenters. The molecule has 0 saturated carbocycles. The third kappa shape index (κ3) is 4.29. The minimum absolute atomic E-state index is 0.0646. The van der Waals surface area contributed by atoms with Crippen LogP contribution < -0.4 is 5.73 Å². The molecule has 0 aliphatic rings. The Morgan fingerprint density at radius 1 is 1.21 bits per heavy atom. The Kier molecular flexibility index (Phi) is 6.46. The molecule has 0 spiro atoms. The Hall–Kier alpha value is -0.930. The zero-order valence-electron chi connectivity index (χ0n) is 12.6. The van der Waals surface area contributed by atoms with Crippen LogP contribution >= 0.6 is 0 Å². The van der Waals surface area contributed by atoms with Crippen molar-refractivity contribution in [3.8, 4) is 0 Å². The largest absolute Gasteiger partial charge is 0.326 e. The van der Waals surface area contributed by atoms with Crippen LogP contribution in [-0.2, 0) is 0 Å². The van der Waals surface area contributed by atoms with E-state index in [1.54, 1.807) is 0 Å². The van der Waals surface area contributed by atoms with Crippen LogP contribution in [-0.4, -0.2) is 24.0 Å². The first-order valence-electron chi connectivity index (χ1n) is 7.24. The molecule has 108 valence electrons. The monoisotopic (exact) mass is 266 g/mol. The summed E-state index contributed by atoms with van der Waals surface area (Å²) < 4.78 is 13.1. The van der Waals surface area contributed by atoms with Crippen molar-refractivity contribution in [1.29, 1.82) is 0 Å². The molecule has 19 heavy (non-hydrogen) atoms. The highest BCUT2D eigenvalue weighted by atomic mass is 19.1. The van der Waals surface area contributed by atoms with Crippen LogP contribution in [0.1, 0.15) is 51.6 Å². The van der Waals surface area contributed by atoms with Crippen molar-refractivity contribution < 1.29 is 4.39 Å². The van der Waals surface area contributed by atoms with Gasteiger partial charge in [0, 0.05) is 18.1 Å². The molecule has 0 amide bonds. The van der Waals surface area contributed by atoms with E-state index in [-0.39, 0.29) is 17.9 Å². The van der Waals surface area contributed by atoms with Gasteiger partial charge in [0.15, 0.2) is 0 Å². The molecule has 0 aliphatic carbocycles. The molecule has 3 heteroatoms. The molecule has 0 radical (unpaired) electrons. The third-order valence-corrected chi connectivity index (χ3v) is 3.93. The van der Waals surface area contributed by atoms with Crippen molar-refractivity contribution in [2.24, 2.45) is 5.73 Å². The number of halogens is 1. The van der Waals surface area contributed by atoms with Crippen LogP contribution in [0.5, 0.6) is 0 Å². The van der Waals surface area contributed by atoms with Crippen molar-refractivity contribution in [2.75, 3.05) is 7.05 Å². The average molecular weight is 266 g/mol. The Morgan fingerprint density at radius 2 is 1.79 bits per heavy atom. The summed E-state index contributed by atoms with van der Waals surface area (Å²) in [6, 6.07) is 7.42. The normalized spacial score (nSPS) is 16.4. The average Bonchev–Trinajstić information content (AvgIpc) is 2.41. The first-order chi connectivity index (χ1) is 9.01. The van der Waals surface area contributed by atoms with Crippen LogP contribution in [0, 0.1) is 5.82 Å². The quantitative estimate of drug-likeness (QED) is 0.815. The van der Waals surface area contributed by atoms with Gasteiger partial charge in [0.1, 0.15) is 5.82 Å². The van der Waals surface area contributed by atoms with Crippen LogP contribution in [0.4, 0.5) is 4.39 Å². The van der Waals surface area contributed by atoms with Crippen molar-refractivity contribution in [3.05, 3.63) is 35.6 Å². The molecular weight excluding hydrogens is 239 g/mol. The summed E-state index contributed by atoms with van der Waals surface area (Å²) in [5.74, 6) is -0.197. The van der Waals surface area contributed by atoms with Gasteiger partial charge >= 0.3 is 0 Å². The zero-order chi connectivity index (χ0) is 14.4. The van der Waals surface area contributed by atoms with Gasteiger partial charge in [-0.3, -0.25) is 4.90 Å². The number of nitrogens with two attached hydrogens (primary N) is 1. The molecule has 0 aliphatic heterocycles. The van der Waals surface area contributed by atoms with Crippen molar-refractivity contribution in [1.82, 2.24) is 4.90 Å². The topological polar surface area (TPSA) is 29.3 Å². The van der Waals surface area contributed by atoms with Gasteiger partial charge in [0.25, 0.3) is 0 Å². The Morgan fingerprint density at radius 3 is 2.26 bits per heavy atom. The van der Waals surface area contributed by atoms with Gasteiger partial charge < -0.3 is 5.73 Å². The second kappa shape index (κ2) is 7.61. The van der Waals surface area contributed by atoms with Crippen molar-refractivity contribution >= 4 is 0 Å². The highest BCUT2D eigenvalue weighted by Crippen LogP contribution is 2.27. The van der Waals surface area contributed by atoms with E-state index in [2.05, 4.69) is 32.7 Å². The minimum atomic E-state index is -0.197. The number of benzene rings is 1. The fraction of sp³-hybridized carbons (Fsp3) is 0.625. The lowest BCUT2D eigenvalue weighted by atomic mass is 9.95. The van der Waals surface area contributed by atoms with Gasteiger partial charge in [0.05, 0.1) is 0 Å². The first-order valence-corrected chi connectivity index (χ1v) is 7.24. The number of nitrogens with zero attached hydrogens (tertiary/aromatic N) is 1. The van der Waals surface area contributed by atoms with Gasteiger partial charge in [-0.2, -0.15) is 0 Å². The van der Waals surface area contributed by atoms with E-state index < -0.39 is 0 Å². The highest BCUT2D eigenvalue weighted by Gasteiger charge is 2.25. The van der Waals surface area contributed by atoms with E-state index in [1.807, 2.05) is 12.1 Å². The molecule has 3 unspecified atom stereocenters. The number of hydrogen-bond acceptors (Lipinski definition) is 2. The molecule has 0 aromatic heterocycles. The van der Waals surface area contributed by atoms with E-state index in [9.17, 15) is 4.39 Å².